The van der Waals surface area contributed by atoms with Gasteiger partial charge in [-0.1, -0.05) is 6.92 Å². The van der Waals surface area contributed by atoms with E-state index in [1.807, 2.05) is 29.9 Å². The van der Waals surface area contributed by atoms with Crippen LogP contribution in [0.4, 0.5) is 5.95 Å². The first-order valence-corrected chi connectivity index (χ1v) is 7.55. The van der Waals surface area contributed by atoms with Gasteiger partial charge in [-0.3, -0.25) is 0 Å². The van der Waals surface area contributed by atoms with Crippen LogP contribution >= 0.6 is 27.3 Å². The van der Waals surface area contributed by atoms with Gasteiger partial charge in [-0.05, 0) is 28.1 Å². The van der Waals surface area contributed by atoms with Gasteiger partial charge in [0.15, 0.2) is 5.65 Å². The fourth-order valence-electron chi connectivity index (χ4n) is 1.74. The highest BCUT2D eigenvalue weighted by Gasteiger charge is 2.09. The van der Waals surface area contributed by atoms with Gasteiger partial charge in [0.25, 0.3) is 0 Å². The van der Waals surface area contributed by atoms with Crippen molar-refractivity contribution in [2.45, 2.75) is 12.8 Å². The normalized spacial score (nSPS) is 12.7. The molecular weight excluding hydrogens is 326 g/mol. The highest BCUT2D eigenvalue weighted by molar-refractivity contribution is 9.10. The number of anilines is 1. The molecule has 0 saturated carbocycles. The third kappa shape index (κ3) is 2.76. The van der Waals surface area contributed by atoms with Crippen molar-refractivity contribution >= 4 is 38.9 Å². The molecule has 7 heteroatoms. The monoisotopic (exact) mass is 337 g/mol. The molecule has 0 aromatic carbocycles. The summed E-state index contributed by atoms with van der Waals surface area (Å²) in [7, 11) is 0. The maximum absolute atomic E-state index is 4.41. The Morgan fingerprint density at radius 1 is 1.47 bits per heavy atom. The Morgan fingerprint density at radius 2 is 2.37 bits per heavy atom. The van der Waals surface area contributed by atoms with E-state index in [0.717, 1.165) is 21.7 Å². The van der Waals surface area contributed by atoms with Gasteiger partial charge in [0.2, 0.25) is 5.95 Å². The van der Waals surface area contributed by atoms with Crippen molar-refractivity contribution < 1.29 is 0 Å². The number of pyridine rings is 1. The van der Waals surface area contributed by atoms with E-state index in [0.29, 0.717) is 11.9 Å². The number of aromatic nitrogens is 4. The van der Waals surface area contributed by atoms with E-state index >= 15 is 0 Å². The van der Waals surface area contributed by atoms with Crippen molar-refractivity contribution in [2.24, 2.45) is 0 Å². The van der Waals surface area contributed by atoms with Gasteiger partial charge < -0.3 is 5.32 Å². The third-order valence-corrected chi connectivity index (χ3v) is 4.21. The second-order valence-electron chi connectivity index (χ2n) is 4.24. The zero-order chi connectivity index (χ0) is 13.2. The van der Waals surface area contributed by atoms with Gasteiger partial charge in [-0.2, -0.15) is 4.98 Å². The van der Waals surface area contributed by atoms with Crippen LogP contribution in [-0.2, 0) is 0 Å². The van der Waals surface area contributed by atoms with Crippen LogP contribution in [0.2, 0.25) is 0 Å². The molecule has 1 unspecified atom stereocenters. The number of nitrogens with one attached hydrogen (secondary N) is 1. The molecule has 0 amide bonds. The molecule has 3 aromatic rings. The maximum atomic E-state index is 4.41. The molecule has 0 aliphatic carbocycles. The molecule has 0 spiro atoms. The van der Waals surface area contributed by atoms with Crippen LogP contribution in [0.5, 0.6) is 0 Å². The molecule has 3 heterocycles. The summed E-state index contributed by atoms with van der Waals surface area (Å²) in [5, 5.41) is 10.7. The second kappa shape index (κ2) is 5.26. The van der Waals surface area contributed by atoms with Crippen molar-refractivity contribution in [3.8, 4) is 0 Å². The van der Waals surface area contributed by atoms with E-state index in [9.17, 15) is 0 Å². The predicted octanol–water partition coefficient (Wildman–Crippen LogP) is 3.16. The lowest BCUT2D eigenvalue weighted by Gasteiger charge is -2.07. The lowest BCUT2D eigenvalue weighted by atomic mass is 10.2. The minimum Gasteiger partial charge on any atom is -0.352 e. The summed E-state index contributed by atoms with van der Waals surface area (Å²) in [6, 6.07) is 3.87. The fourth-order valence-corrected chi connectivity index (χ4v) is 2.77. The molecule has 3 rings (SSSR count). The molecule has 0 aliphatic rings. The SMILES string of the molecule is CC(CNc1nc2ccc(Br)cn2n1)c1nccs1. The predicted molar refractivity (Wildman–Crippen MR) is 79.7 cm³/mol. The number of rotatable bonds is 4. The van der Waals surface area contributed by atoms with Crippen LogP contribution < -0.4 is 5.32 Å². The summed E-state index contributed by atoms with van der Waals surface area (Å²) < 4.78 is 2.73. The molecule has 0 saturated heterocycles. The summed E-state index contributed by atoms with van der Waals surface area (Å²) in [4.78, 5) is 8.72. The first-order chi connectivity index (χ1) is 9.22. The molecule has 1 N–H and O–H groups in total. The van der Waals surface area contributed by atoms with E-state index < -0.39 is 0 Å². The maximum Gasteiger partial charge on any atom is 0.243 e. The average Bonchev–Trinajstić information content (AvgIpc) is 3.04. The van der Waals surface area contributed by atoms with Crippen LogP contribution in [0.25, 0.3) is 5.65 Å². The summed E-state index contributed by atoms with van der Waals surface area (Å²) in [6.45, 7) is 2.91. The van der Waals surface area contributed by atoms with Gasteiger partial charge in [0, 0.05) is 34.7 Å². The number of halogens is 1. The van der Waals surface area contributed by atoms with Crippen LogP contribution in [0, 0.1) is 0 Å². The quantitative estimate of drug-likeness (QED) is 0.794. The lowest BCUT2D eigenvalue weighted by molar-refractivity contribution is 0.786. The number of hydrogen-bond donors (Lipinski definition) is 1. The van der Waals surface area contributed by atoms with Gasteiger partial charge in [-0.15, -0.1) is 16.4 Å². The van der Waals surface area contributed by atoms with Crippen LogP contribution in [0.3, 0.4) is 0 Å². The Balaban J connectivity index is 1.71. The van der Waals surface area contributed by atoms with E-state index in [1.165, 1.54) is 0 Å². The Hall–Kier alpha value is -1.47. The molecular formula is C12H12BrN5S. The highest BCUT2D eigenvalue weighted by Crippen LogP contribution is 2.18. The minimum absolute atomic E-state index is 0.346. The van der Waals surface area contributed by atoms with Gasteiger partial charge >= 0.3 is 0 Å². The minimum atomic E-state index is 0.346. The van der Waals surface area contributed by atoms with Crippen molar-refractivity contribution in [1.29, 1.82) is 0 Å². The van der Waals surface area contributed by atoms with E-state index in [4.69, 9.17) is 0 Å². The number of thiazole rings is 1. The van der Waals surface area contributed by atoms with Gasteiger partial charge in [0.1, 0.15) is 0 Å². The van der Waals surface area contributed by atoms with Crippen LogP contribution in [0.1, 0.15) is 17.8 Å². The van der Waals surface area contributed by atoms with Crippen molar-refractivity contribution in [1.82, 2.24) is 19.6 Å². The van der Waals surface area contributed by atoms with E-state index in [-0.39, 0.29) is 0 Å². The first-order valence-electron chi connectivity index (χ1n) is 5.87. The molecule has 0 fully saturated rings. The van der Waals surface area contributed by atoms with E-state index in [1.54, 1.807) is 15.9 Å². The zero-order valence-electron chi connectivity index (χ0n) is 10.2. The summed E-state index contributed by atoms with van der Waals surface area (Å²) in [6.07, 6.45) is 3.72. The topological polar surface area (TPSA) is 55.1 Å². The molecule has 0 radical (unpaired) electrons. The molecule has 19 heavy (non-hydrogen) atoms. The Bertz CT molecular complexity index is 679. The highest BCUT2D eigenvalue weighted by atomic mass is 79.9. The first kappa shape index (κ1) is 12.6. The number of hydrogen-bond acceptors (Lipinski definition) is 5. The average molecular weight is 338 g/mol. The van der Waals surface area contributed by atoms with Crippen molar-refractivity contribution in [2.75, 3.05) is 11.9 Å². The second-order valence-corrected chi connectivity index (χ2v) is 6.08. The molecule has 1 atom stereocenters. The van der Waals surface area contributed by atoms with Crippen LogP contribution in [-0.4, -0.2) is 26.1 Å². The zero-order valence-corrected chi connectivity index (χ0v) is 12.6. The van der Waals surface area contributed by atoms with Gasteiger partial charge in [-0.25, -0.2) is 9.50 Å². The fraction of sp³-hybridized carbons (Fsp3) is 0.250. The van der Waals surface area contributed by atoms with Crippen molar-refractivity contribution in [3.63, 3.8) is 0 Å². The Labute approximate surface area is 122 Å². The largest absolute Gasteiger partial charge is 0.352 e. The number of nitrogens with zero attached hydrogens (tertiary/aromatic N) is 4. The molecule has 0 aliphatic heterocycles. The van der Waals surface area contributed by atoms with Crippen molar-refractivity contribution in [3.05, 3.63) is 39.4 Å². The summed E-state index contributed by atoms with van der Waals surface area (Å²) in [5.74, 6) is 0.986. The molecule has 3 aromatic heterocycles. The molecule has 98 valence electrons. The third-order valence-electron chi connectivity index (χ3n) is 2.73. The summed E-state index contributed by atoms with van der Waals surface area (Å²) >= 11 is 5.08. The smallest absolute Gasteiger partial charge is 0.243 e. The standard InChI is InChI=1S/C12H12BrN5S/c1-8(11-14-4-5-19-11)6-15-12-16-10-3-2-9(13)7-18(10)17-12/h2-5,7-8H,6H2,1H3,(H,15,17). The Kier molecular flexibility index (Phi) is 3.48. The van der Waals surface area contributed by atoms with Crippen LogP contribution in [0.15, 0.2) is 34.4 Å². The molecule has 0 bridgehead atoms. The van der Waals surface area contributed by atoms with Gasteiger partial charge in [0.05, 0.1) is 5.01 Å². The Morgan fingerprint density at radius 3 is 3.16 bits per heavy atom. The summed E-state index contributed by atoms with van der Waals surface area (Å²) in [5.41, 5.74) is 0.826. The number of fused-ring (bicyclic) bond motifs is 1. The lowest BCUT2D eigenvalue weighted by Crippen LogP contribution is -2.10. The van der Waals surface area contributed by atoms with E-state index in [2.05, 4.69) is 43.2 Å². The molecule has 5 nitrogen and oxygen atoms in total.